The van der Waals surface area contributed by atoms with Crippen LogP contribution in [0.2, 0.25) is 0 Å². The van der Waals surface area contributed by atoms with Crippen molar-refractivity contribution < 1.29 is 13.6 Å². The Bertz CT molecular complexity index is 414. The van der Waals surface area contributed by atoms with Crippen molar-refractivity contribution in [2.24, 2.45) is 5.92 Å². The van der Waals surface area contributed by atoms with E-state index in [0.29, 0.717) is 5.56 Å². The van der Waals surface area contributed by atoms with E-state index in [-0.39, 0.29) is 18.4 Å². The molecule has 0 bridgehead atoms. The molecule has 1 N–H and O–H groups in total. The van der Waals surface area contributed by atoms with Crippen molar-refractivity contribution >= 4 is 5.91 Å². The Morgan fingerprint density at radius 1 is 1.29 bits per heavy atom. The van der Waals surface area contributed by atoms with Gasteiger partial charge in [0.15, 0.2) is 0 Å². The van der Waals surface area contributed by atoms with Gasteiger partial charge < -0.3 is 5.32 Å². The van der Waals surface area contributed by atoms with Crippen LogP contribution in [0.1, 0.15) is 31.2 Å². The highest BCUT2D eigenvalue weighted by Gasteiger charge is 2.22. The molecule has 0 radical (unpaired) electrons. The van der Waals surface area contributed by atoms with Gasteiger partial charge in [-0.25, -0.2) is 8.78 Å². The molecule has 1 aromatic carbocycles. The molecule has 92 valence electrons. The average Bonchev–Trinajstić information content (AvgIpc) is 2.81. The number of amides is 1. The Kier molecular flexibility index (Phi) is 3.71. The first kappa shape index (κ1) is 12.0. The van der Waals surface area contributed by atoms with Gasteiger partial charge in [0.2, 0.25) is 5.91 Å². The number of rotatable bonds is 3. The maximum Gasteiger partial charge on any atom is 0.223 e. The topological polar surface area (TPSA) is 29.1 Å². The highest BCUT2D eigenvalue weighted by Crippen LogP contribution is 2.24. The van der Waals surface area contributed by atoms with Crippen LogP contribution in [0.25, 0.3) is 0 Å². The molecule has 4 heteroatoms. The summed E-state index contributed by atoms with van der Waals surface area (Å²) in [5.74, 6) is -1.17. The molecule has 0 heterocycles. The highest BCUT2D eigenvalue weighted by molar-refractivity contribution is 5.78. The molecule has 17 heavy (non-hydrogen) atoms. The normalized spacial score (nSPS) is 16.1. The molecular weight excluding hydrogens is 224 g/mol. The summed E-state index contributed by atoms with van der Waals surface area (Å²) >= 11 is 0. The number of hydrogen-bond acceptors (Lipinski definition) is 1. The molecule has 1 aromatic rings. The van der Waals surface area contributed by atoms with Crippen LogP contribution < -0.4 is 5.32 Å². The van der Waals surface area contributed by atoms with E-state index in [2.05, 4.69) is 5.32 Å². The third kappa shape index (κ3) is 3.02. The second kappa shape index (κ2) is 5.25. The van der Waals surface area contributed by atoms with Crippen LogP contribution in [0.3, 0.4) is 0 Å². The van der Waals surface area contributed by atoms with E-state index < -0.39 is 11.6 Å². The maximum atomic E-state index is 13.3. The lowest BCUT2D eigenvalue weighted by atomic mass is 10.1. The van der Waals surface area contributed by atoms with Crippen LogP contribution in [0, 0.1) is 17.6 Å². The molecule has 1 aliphatic carbocycles. The number of nitrogens with one attached hydrogen (secondary N) is 1. The van der Waals surface area contributed by atoms with Crippen molar-refractivity contribution in [2.45, 2.75) is 32.2 Å². The predicted octanol–water partition coefficient (Wildman–Crippen LogP) is 2.77. The summed E-state index contributed by atoms with van der Waals surface area (Å²) in [5.41, 5.74) is 0.317. The Morgan fingerprint density at radius 2 is 2.00 bits per heavy atom. The largest absolute Gasteiger partial charge is 0.352 e. The summed E-state index contributed by atoms with van der Waals surface area (Å²) in [6, 6.07) is 3.39. The van der Waals surface area contributed by atoms with E-state index in [1.54, 1.807) is 0 Å². The summed E-state index contributed by atoms with van der Waals surface area (Å²) in [5, 5.41) is 2.70. The second-order valence-corrected chi connectivity index (χ2v) is 4.43. The van der Waals surface area contributed by atoms with Crippen LogP contribution in [0.15, 0.2) is 18.2 Å². The third-order valence-corrected chi connectivity index (χ3v) is 3.19. The van der Waals surface area contributed by atoms with E-state index in [0.717, 1.165) is 31.7 Å². The number of benzene rings is 1. The zero-order valence-corrected chi connectivity index (χ0v) is 9.51. The van der Waals surface area contributed by atoms with Gasteiger partial charge in [0.25, 0.3) is 0 Å². The molecule has 1 fully saturated rings. The lowest BCUT2D eigenvalue weighted by Gasteiger charge is -2.10. The number of halogens is 2. The van der Waals surface area contributed by atoms with E-state index in [4.69, 9.17) is 0 Å². The van der Waals surface area contributed by atoms with Gasteiger partial charge in [-0.1, -0.05) is 18.9 Å². The third-order valence-electron chi connectivity index (χ3n) is 3.19. The maximum absolute atomic E-state index is 13.3. The zero-order chi connectivity index (χ0) is 12.3. The van der Waals surface area contributed by atoms with Crippen LogP contribution in [-0.2, 0) is 11.3 Å². The van der Waals surface area contributed by atoms with Crippen LogP contribution in [-0.4, -0.2) is 5.91 Å². The molecule has 1 aliphatic rings. The monoisotopic (exact) mass is 239 g/mol. The van der Waals surface area contributed by atoms with Gasteiger partial charge in [0.05, 0.1) is 0 Å². The number of carbonyl (C=O) groups is 1. The fourth-order valence-corrected chi connectivity index (χ4v) is 2.18. The number of carbonyl (C=O) groups excluding carboxylic acids is 1. The van der Waals surface area contributed by atoms with E-state index in [1.165, 1.54) is 12.1 Å². The van der Waals surface area contributed by atoms with E-state index in [9.17, 15) is 13.6 Å². The fourth-order valence-electron chi connectivity index (χ4n) is 2.18. The molecular formula is C13H15F2NO. The molecule has 0 atom stereocenters. The van der Waals surface area contributed by atoms with Crippen LogP contribution in [0.4, 0.5) is 8.78 Å². The molecule has 0 spiro atoms. The first-order valence-electron chi connectivity index (χ1n) is 5.88. The quantitative estimate of drug-likeness (QED) is 0.863. The summed E-state index contributed by atoms with van der Waals surface area (Å²) in [6.45, 7) is 0.126. The average molecular weight is 239 g/mol. The van der Waals surface area contributed by atoms with Gasteiger partial charge in [0, 0.05) is 24.1 Å². The molecule has 2 nitrogen and oxygen atoms in total. The van der Waals surface area contributed by atoms with Crippen molar-refractivity contribution in [3.8, 4) is 0 Å². The van der Waals surface area contributed by atoms with Crippen molar-refractivity contribution in [1.29, 1.82) is 0 Å². The minimum absolute atomic E-state index is 0.0220. The van der Waals surface area contributed by atoms with E-state index >= 15 is 0 Å². The van der Waals surface area contributed by atoms with Crippen molar-refractivity contribution in [3.63, 3.8) is 0 Å². The van der Waals surface area contributed by atoms with E-state index in [1.807, 2.05) is 0 Å². The van der Waals surface area contributed by atoms with Gasteiger partial charge in [0.1, 0.15) is 11.6 Å². The lowest BCUT2D eigenvalue weighted by Crippen LogP contribution is -2.29. The minimum atomic E-state index is -0.614. The van der Waals surface area contributed by atoms with Crippen molar-refractivity contribution in [2.75, 3.05) is 0 Å². The van der Waals surface area contributed by atoms with Gasteiger partial charge in [-0.3, -0.25) is 4.79 Å². The Balaban J connectivity index is 1.90. The van der Waals surface area contributed by atoms with Gasteiger partial charge >= 0.3 is 0 Å². The lowest BCUT2D eigenvalue weighted by molar-refractivity contribution is -0.124. The zero-order valence-electron chi connectivity index (χ0n) is 9.51. The second-order valence-electron chi connectivity index (χ2n) is 4.43. The molecule has 0 aromatic heterocycles. The molecule has 1 saturated carbocycles. The molecule has 2 rings (SSSR count). The summed E-state index contributed by atoms with van der Waals surface area (Å²) in [6.07, 6.45) is 4.00. The van der Waals surface area contributed by atoms with Gasteiger partial charge in [-0.05, 0) is 18.9 Å². The first-order chi connectivity index (χ1) is 8.16. The Morgan fingerprint density at radius 3 is 2.65 bits per heavy atom. The summed E-state index contributed by atoms with van der Waals surface area (Å²) in [7, 11) is 0. The summed E-state index contributed by atoms with van der Waals surface area (Å²) < 4.78 is 26.0. The Labute approximate surface area is 99.0 Å². The van der Waals surface area contributed by atoms with Gasteiger partial charge in [-0.2, -0.15) is 0 Å². The van der Waals surface area contributed by atoms with Crippen molar-refractivity contribution in [3.05, 3.63) is 35.4 Å². The SMILES string of the molecule is O=C(NCc1ccc(F)cc1F)C1CCCC1. The van der Waals surface area contributed by atoms with Gasteiger partial charge in [-0.15, -0.1) is 0 Å². The Hall–Kier alpha value is -1.45. The van der Waals surface area contributed by atoms with Crippen molar-refractivity contribution in [1.82, 2.24) is 5.32 Å². The molecule has 1 amide bonds. The summed E-state index contributed by atoms with van der Waals surface area (Å²) in [4.78, 5) is 11.7. The minimum Gasteiger partial charge on any atom is -0.352 e. The first-order valence-corrected chi connectivity index (χ1v) is 5.88. The molecule has 0 unspecified atom stereocenters. The smallest absolute Gasteiger partial charge is 0.223 e. The fraction of sp³-hybridized carbons (Fsp3) is 0.462. The van der Waals surface area contributed by atoms with Crippen LogP contribution >= 0.6 is 0 Å². The predicted molar refractivity (Wildman–Crippen MR) is 60.2 cm³/mol. The highest BCUT2D eigenvalue weighted by atomic mass is 19.1. The van der Waals surface area contributed by atoms with Crippen LogP contribution in [0.5, 0.6) is 0 Å². The molecule has 0 aliphatic heterocycles. The molecule has 0 saturated heterocycles. The standard InChI is InChI=1S/C13H15F2NO/c14-11-6-5-10(12(15)7-11)8-16-13(17)9-3-1-2-4-9/h5-7,9H,1-4,8H2,(H,16,17). The number of hydrogen-bond donors (Lipinski definition) is 1.